The van der Waals surface area contributed by atoms with Gasteiger partial charge in [0.05, 0.1) is 5.69 Å². The third-order valence-electron chi connectivity index (χ3n) is 3.24. The minimum Gasteiger partial charge on any atom is -0.477 e. The molecule has 0 radical (unpaired) electrons. The fourth-order valence-corrected chi connectivity index (χ4v) is 2.03. The average molecular weight is 267 g/mol. The number of aromatic carboxylic acids is 1. The van der Waals surface area contributed by atoms with Crippen LogP contribution in [0.5, 0.6) is 0 Å². The maximum absolute atomic E-state index is 11.2. The van der Waals surface area contributed by atoms with Crippen molar-refractivity contribution in [3.05, 3.63) is 11.3 Å². The molecule has 0 saturated heterocycles. The highest BCUT2D eigenvalue weighted by Crippen LogP contribution is 2.28. The van der Waals surface area contributed by atoms with Crippen molar-refractivity contribution in [1.82, 2.24) is 9.78 Å². The Morgan fingerprint density at radius 3 is 2.95 bits per heavy atom. The molecule has 0 unspecified atom stereocenters. The monoisotopic (exact) mass is 267 g/mol. The normalized spacial score (nSPS) is 14.6. The highest BCUT2D eigenvalue weighted by molar-refractivity contribution is 5.94. The van der Waals surface area contributed by atoms with E-state index in [1.807, 2.05) is 0 Å². The van der Waals surface area contributed by atoms with Crippen LogP contribution in [0.1, 0.15) is 35.3 Å². The zero-order valence-electron chi connectivity index (χ0n) is 11.5. The number of ether oxygens (including phenoxy) is 1. The average Bonchev–Trinajstić information content (AvgIpc) is 3.10. The van der Waals surface area contributed by atoms with Gasteiger partial charge in [-0.05, 0) is 32.1 Å². The van der Waals surface area contributed by atoms with E-state index in [9.17, 15) is 4.79 Å². The molecule has 1 heterocycles. The number of nitrogens with one attached hydrogen (secondary N) is 1. The first kappa shape index (κ1) is 13.9. The van der Waals surface area contributed by atoms with Crippen molar-refractivity contribution < 1.29 is 14.6 Å². The zero-order chi connectivity index (χ0) is 13.8. The minimum absolute atomic E-state index is 0.251. The van der Waals surface area contributed by atoms with Gasteiger partial charge in [-0.1, -0.05) is 0 Å². The summed E-state index contributed by atoms with van der Waals surface area (Å²) in [4.78, 5) is 11.2. The third kappa shape index (κ3) is 3.70. The van der Waals surface area contributed by atoms with Gasteiger partial charge in [-0.2, -0.15) is 5.10 Å². The first-order valence-corrected chi connectivity index (χ1v) is 6.68. The van der Waals surface area contributed by atoms with Crippen molar-refractivity contribution in [2.24, 2.45) is 13.0 Å². The van der Waals surface area contributed by atoms with E-state index in [0.717, 1.165) is 18.9 Å². The van der Waals surface area contributed by atoms with Crippen molar-refractivity contribution >= 4 is 11.8 Å². The SMILES string of the molecule is Cc1nn(C)c(NCCCOCC2CC2)c1C(=O)O. The van der Waals surface area contributed by atoms with Gasteiger partial charge in [0.15, 0.2) is 0 Å². The van der Waals surface area contributed by atoms with Crippen molar-refractivity contribution in [2.75, 3.05) is 25.1 Å². The number of aromatic nitrogens is 2. The quantitative estimate of drug-likeness (QED) is 0.700. The van der Waals surface area contributed by atoms with Crippen molar-refractivity contribution in [3.63, 3.8) is 0 Å². The van der Waals surface area contributed by atoms with Crippen molar-refractivity contribution in [3.8, 4) is 0 Å². The van der Waals surface area contributed by atoms with E-state index >= 15 is 0 Å². The molecule has 0 bridgehead atoms. The molecule has 19 heavy (non-hydrogen) atoms. The molecule has 0 amide bonds. The van der Waals surface area contributed by atoms with E-state index < -0.39 is 5.97 Å². The standard InChI is InChI=1S/C13H21N3O3/c1-9-11(13(17)18)12(16(2)15-9)14-6-3-7-19-8-10-4-5-10/h10,14H,3-8H2,1-2H3,(H,17,18). The van der Waals surface area contributed by atoms with Crippen LogP contribution in [0.3, 0.4) is 0 Å². The lowest BCUT2D eigenvalue weighted by molar-refractivity contribution is 0.0697. The Kier molecular flexibility index (Phi) is 4.42. The number of aryl methyl sites for hydroxylation is 2. The molecule has 6 heteroatoms. The van der Waals surface area contributed by atoms with Crippen LogP contribution in [-0.2, 0) is 11.8 Å². The van der Waals surface area contributed by atoms with Crippen LogP contribution in [-0.4, -0.2) is 40.6 Å². The topological polar surface area (TPSA) is 76.4 Å². The Morgan fingerprint density at radius 2 is 2.32 bits per heavy atom. The summed E-state index contributed by atoms with van der Waals surface area (Å²) < 4.78 is 7.10. The molecular weight excluding hydrogens is 246 g/mol. The molecule has 0 atom stereocenters. The summed E-state index contributed by atoms with van der Waals surface area (Å²) in [6.07, 6.45) is 3.46. The van der Waals surface area contributed by atoms with Gasteiger partial charge in [0.2, 0.25) is 0 Å². The summed E-state index contributed by atoms with van der Waals surface area (Å²) >= 11 is 0. The van der Waals surface area contributed by atoms with E-state index in [4.69, 9.17) is 9.84 Å². The molecule has 0 spiro atoms. The van der Waals surface area contributed by atoms with E-state index in [1.165, 1.54) is 12.8 Å². The number of rotatable bonds is 8. The first-order chi connectivity index (χ1) is 9.09. The predicted molar refractivity (Wildman–Crippen MR) is 71.6 cm³/mol. The van der Waals surface area contributed by atoms with Gasteiger partial charge in [0.1, 0.15) is 11.4 Å². The number of anilines is 1. The van der Waals surface area contributed by atoms with Gasteiger partial charge in [-0.15, -0.1) is 0 Å². The molecule has 1 aliphatic rings. The molecule has 1 saturated carbocycles. The van der Waals surface area contributed by atoms with Gasteiger partial charge < -0.3 is 15.2 Å². The fourth-order valence-electron chi connectivity index (χ4n) is 2.03. The Balaban J connectivity index is 1.76. The molecule has 1 aromatic rings. The van der Waals surface area contributed by atoms with Gasteiger partial charge in [0.25, 0.3) is 0 Å². The number of hydrogen-bond acceptors (Lipinski definition) is 4. The summed E-state index contributed by atoms with van der Waals surface area (Å²) in [5, 5.41) is 16.4. The van der Waals surface area contributed by atoms with Crippen LogP contribution in [0.4, 0.5) is 5.82 Å². The zero-order valence-corrected chi connectivity index (χ0v) is 11.5. The van der Waals surface area contributed by atoms with Crippen molar-refractivity contribution in [2.45, 2.75) is 26.2 Å². The lowest BCUT2D eigenvalue weighted by Crippen LogP contribution is -2.12. The molecular formula is C13H21N3O3. The van der Waals surface area contributed by atoms with E-state index in [2.05, 4.69) is 10.4 Å². The lowest BCUT2D eigenvalue weighted by Gasteiger charge is -2.08. The highest BCUT2D eigenvalue weighted by Gasteiger charge is 2.21. The van der Waals surface area contributed by atoms with E-state index in [0.29, 0.717) is 24.7 Å². The van der Waals surface area contributed by atoms with E-state index in [-0.39, 0.29) is 5.56 Å². The van der Waals surface area contributed by atoms with Crippen LogP contribution in [0.25, 0.3) is 0 Å². The molecule has 0 aliphatic heterocycles. The van der Waals surface area contributed by atoms with Crippen LogP contribution >= 0.6 is 0 Å². The Labute approximate surface area is 112 Å². The third-order valence-corrected chi connectivity index (χ3v) is 3.24. The number of carboxylic acids is 1. The Morgan fingerprint density at radius 1 is 1.58 bits per heavy atom. The lowest BCUT2D eigenvalue weighted by atomic mass is 10.2. The molecule has 1 fully saturated rings. The number of carboxylic acid groups (broad SMARTS) is 1. The van der Waals surface area contributed by atoms with Gasteiger partial charge in [-0.3, -0.25) is 4.68 Å². The van der Waals surface area contributed by atoms with Crippen LogP contribution in [0.15, 0.2) is 0 Å². The summed E-state index contributed by atoms with van der Waals surface area (Å²) in [6, 6.07) is 0. The predicted octanol–water partition coefficient (Wildman–Crippen LogP) is 1.66. The molecule has 2 rings (SSSR count). The Bertz CT molecular complexity index is 452. The second-order valence-electron chi connectivity index (χ2n) is 5.04. The van der Waals surface area contributed by atoms with Gasteiger partial charge >= 0.3 is 5.97 Å². The van der Waals surface area contributed by atoms with E-state index in [1.54, 1.807) is 18.7 Å². The maximum Gasteiger partial charge on any atom is 0.341 e. The van der Waals surface area contributed by atoms with Gasteiger partial charge in [0, 0.05) is 26.8 Å². The molecule has 2 N–H and O–H groups in total. The molecule has 0 aromatic carbocycles. The maximum atomic E-state index is 11.2. The Hall–Kier alpha value is -1.56. The fraction of sp³-hybridized carbons (Fsp3) is 0.692. The second-order valence-corrected chi connectivity index (χ2v) is 5.04. The summed E-state index contributed by atoms with van der Waals surface area (Å²) in [5.41, 5.74) is 0.781. The molecule has 1 aliphatic carbocycles. The largest absolute Gasteiger partial charge is 0.477 e. The van der Waals surface area contributed by atoms with Crippen LogP contribution in [0.2, 0.25) is 0 Å². The van der Waals surface area contributed by atoms with Crippen LogP contribution in [0, 0.1) is 12.8 Å². The van der Waals surface area contributed by atoms with Gasteiger partial charge in [-0.25, -0.2) is 4.79 Å². The number of carbonyl (C=O) groups is 1. The number of nitrogens with zero attached hydrogens (tertiary/aromatic N) is 2. The summed E-state index contributed by atoms with van der Waals surface area (Å²) in [5.74, 6) is 0.400. The smallest absolute Gasteiger partial charge is 0.341 e. The molecule has 1 aromatic heterocycles. The number of hydrogen-bond donors (Lipinski definition) is 2. The van der Waals surface area contributed by atoms with Crippen molar-refractivity contribution in [1.29, 1.82) is 0 Å². The molecule has 6 nitrogen and oxygen atoms in total. The second kappa shape index (κ2) is 6.06. The first-order valence-electron chi connectivity index (χ1n) is 6.68. The summed E-state index contributed by atoms with van der Waals surface area (Å²) in [7, 11) is 1.74. The minimum atomic E-state index is -0.946. The summed E-state index contributed by atoms with van der Waals surface area (Å²) in [6.45, 7) is 3.96. The highest BCUT2D eigenvalue weighted by atomic mass is 16.5. The molecule has 106 valence electrons. The van der Waals surface area contributed by atoms with Crippen LogP contribution < -0.4 is 5.32 Å².